The average Bonchev–Trinajstić information content (AvgIpc) is 2.85. The lowest BCUT2D eigenvalue weighted by molar-refractivity contribution is 0.0242. The van der Waals surface area contributed by atoms with E-state index < -0.39 is 5.60 Å². The Morgan fingerprint density at radius 3 is 2.61 bits per heavy atom. The molecule has 0 radical (unpaired) electrons. The zero-order chi connectivity index (χ0) is 17.0. The summed E-state index contributed by atoms with van der Waals surface area (Å²) in [6.07, 6.45) is 0.961. The van der Waals surface area contributed by atoms with Crippen LogP contribution < -0.4 is 5.32 Å². The number of carbonyl (C=O) groups excluding carboxylic acids is 1. The molecule has 4 heteroatoms. The molecule has 1 N–H and O–H groups in total. The molecule has 1 aliphatic rings. The summed E-state index contributed by atoms with van der Waals surface area (Å²) in [4.78, 5) is 14.0. The molecule has 0 atom stereocenters. The van der Waals surface area contributed by atoms with Crippen LogP contribution in [0.15, 0.2) is 18.2 Å². The normalized spacial score (nSPS) is 14.3. The predicted molar refractivity (Wildman–Crippen MR) is 93.1 cm³/mol. The summed E-state index contributed by atoms with van der Waals surface area (Å²) in [6.45, 7) is 13.4. The van der Waals surface area contributed by atoms with Crippen LogP contribution in [0.3, 0.4) is 0 Å². The molecule has 0 spiro atoms. The second kappa shape index (κ2) is 7.35. The zero-order valence-corrected chi connectivity index (χ0v) is 15.1. The van der Waals surface area contributed by atoms with Crippen molar-refractivity contribution in [1.82, 2.24) is 10.2 Å². The maximum Gasteiger partial charge on any atom is 0.410 e. The molecular formula is C19H30N2O2. The predicted octanol–water partition coefficient (Wildman–Crippen LogP) is 4.07. The monoisotopic (exact) mass is 318 g/mol. The standard InChI is InChI=1S/C19H30N2O2/c1-14(2)8-9-20-11-15-6-7-16-12-21(13-17(16)10-15)18(22)23-19(3,4)5/h6-7,10,14,20H,8-9,11-13H2,1-5H3. The maximum absolute atomic E-state index is 12.2. The number of benzene rings is 1. The molecule has 0 aromatic heterocycles. The molecular weight excluding hydrogens is 288 g/mol. The number of fused-ring (bicyclic) bond motifs is 1. The summed E-state index contributed by atoms with van der Waals surface area (Å²) < 4.78 is 5.46. The Kier molecular flexibility index (Phi) is 5.69. The van der Waals surface area contributed by atoms with E-state index in [1.807, 2.05) is 20.8 Å². The Morgan fingerprint density at radius 1 is 1.26 bits per heavy atom. The van der Waals surface area contributed by atoms with Crippen molar-refractivity contribution in [2.24, 2.45) is 5.92 Å². The molecule has 1 aliphatic heterocycles. The quantitative estimate of drug-likeness (QED) is 0.832. The molecule has 128 valence electrons. The van der Waals surface area contributed by atoms with Gasteiger partial charge in [-0.05, 0) is 56.3 Å². The van der Waals surface area contributed by atoms with Gasteiger partial charge in [-0.1, -0.05) is 32.0 Å². The van der Waals surface area contributed by atoms with Crippen LogP contribution in [0.4, 0.5) is 4.79 Å². The molecule has 0 fully saturated rings. The van der Waals surface area contributed by atoms with Crippen molar-refractivity contribution in [1.29, 1.82) is 0 Å². The van der Waals surface area contributed by atoms with Gasteiger partial charge in [0, 0.05) is 19.6 Å². The smallest absolute Gasteiger partial charge is 0.410 e. The average molecular weight is 318 g/mol. The SMILES string of the molecule is CC(C)CCNCc1ccc2c(c1)CN(C(=O)OC(C)(C)C)C2. The summed E-state index contributed by atoms with van der Waals surface area (Å²) in [6, 6.07) is 6.50. The second-order valence-corrected chi connectivity index (χ2v) is 7.80. The van der Waals surface area contributed by atoms with E-state index >= 15 is 0 Å². The van der Waals surface area contributed by atoms with Gasteiger partial charge in [0.15, 0.2) is 0 Å². The van der Waals surface area contributed by atoms with Gasteiger partial charge in [-0.15, -0.1) is 0 Å². The molecule has 1 aromatic carbocycles. The van der Waals surface area contributed by atoms with E-state index in [-0.39, 0.29) is 6.09 Å². The van der Waals surface area contributed by atoms with Crippen LogP contribution in [-0.4, -0.2) is 23.1 Å². The fourth-order valence-electron chi connectivity index (χ4n) is 2.64. The van der Waals surface area contributed by atoms with Gasteiger partial charge >= 0.3 is 6.09 Å². The summed E-state index contributed by atoms with van der Waals surface area (Å²) >= 11 is 0. The number of amides is 1. The van der Waals surface area contributed by atoms with Crippen molar-refractivity contribution in [3.8, 4) is 0 Å². The number of hydrogen-bond acceptors (Lipinski definition) is 3. The van der Waals surface area contributed by atoms with Crippen LogP contribution in [0.5, 0.6) is 0 Å². The van der Waals surface area contributed by atoms with Crippen LogP contribution in [-0.2, 0) is 24.4 Å². The Hall–Kier alpha value is -1.55. The first-order chi connectivity index (χ1) is 10.7. The highest BCUT2D eigenvalue weighted by Gasteiger charge is 2.27. The molecule has 0 aliphatic carbocycles. The number of nitrogens with zero attached hydrogens (tertiary/aromatic N) is 1. The third kappa shape index (κ3) is 5.54. The Labute approximate surface area is 140 Å². The third-order valence-corrected chi connectivity index (χ3v) is 3.87. The van der Waals surface area contributed by atoms with Crippen LogP contribution in [0.25, 0.3) is 0 Å². The summed E-state index contributed by atoms with van der Waals surface area (Å²) in [5.74, 6) is 0.727. The molecule has 1 amide bonds. The van der Waals surface area contributed by atoms with E-state index in [9.17, 15) is 4.79 Å². The van der Waals surface area contributed by atoms with Gasteiger partial charge in [0.1, 0.15) is 5.60 Å². The van der Waals surface area contributed by atoms with Gasteiger partial charge in [-0.3, -0.25) is 4.90 Å². The van der Waals surface area contributed by atoms with E-state index in [1.165, 1.54) is 23.1 Å². The maximum atomic E-state index is 12.2. The van der Waals surface area contributed by atoms with Crippen LogP contribution >= 0.6 is 0 Å². The number of hydrogen-bond donors (Lipinski definition) is 1. The van der Waals surface area contributed by atoms with Gasteiger partial charge < -0.3 is 10.1 Å². The first-order valence-electron chi connectivity index (χ1n) is 8.54. The van der Waals surface area contributed by atoms with E-state index in [0.717, 1.165) is 19.0 Å². The third-order valence-electron chi connectivity index (χ3n) is 3.87. The number of nitrogens with one attached hydrogen (secondary N) is 1. The molecule has 0 unspecified atom stereocenters. The van der Waals surface area contributed by atoms with Gasteiger partial charge in [0.05, 0.1) is 0 Å². The first-order valence-corrected chi connectivity index (χ1v) is 8.54. The Bertz CT molecular complexity index is 547. The molecule has 4 nitrogen and oxygen atoms in total. The van der Waals surface area contributed by atoms with Crippen molar-refractivity contribution >= 4 is 6.09 Å². The van der Waals surface area contributed by atoms with Crippen molar-refractivity contribution in [3.63, 3.8) is 0 Å². The number of ether oxygens (including phenoxy) is 1. The second-order valence-electron chi connectivity index (χ2n) is 7.80. The topological polar surface area (TPSA) is 41.6 Å². The van der Waals surface area contributed by atoms with Gasteiger partial charge in [0.2, 0.25) is 0 Å². The molecule has 1 heterocycles. The summed E-state index contributed by atoms with van der Waals surface area (Å²) in [5, 5.41) is 3.48. The first kappa shape index (κ1) is 17.8. The van der Waals surface area contributed by atoms with E-state index in [0.29, 0.717) is 13.1 Å². The fraction of sp³-hybridized carbons (Fsp3) is 0.632. The highest BCUT2D eigenvalue weighted by atomic mass is 16.6. The van der Waals surface area contributed by atoms with Crippen molar-refractivity contribution < 1.29 is 9.53 Å². The zero-order valence-electron chi connectivity index (χ0n) is 15.1. The van der Waals surface area contributed by atoms with Crippen LogP contribution in [0, 0.1) is 5.92 Å². The highest BCUT2D eigenvalue weighted by Crippen LogP contribution is 2.25. The Morgan fingerprint density at radius 2 is 1.96 bits per heavy atom. The lowest BCUT2D eigenvalue weighted by Gasteiger charge is -2.24. The minimum atomic E-state index is -0.447. The van der Waals surface area contributed by atoms with E-state index in [4.69, 9.17) is 4.74 Å². The van der Waals surface area contributed by atoms with E-state index in [1.54, 1.807) is 4.90 Å². The van der Waals surface area contributed by atoms with E-state index in [2.05, 4.69) is 37.4 Å². The summed E-state index contributed by atoms with van der Waals surface area (Å²) in [7, 11) is 0. The van der Waals surface area contributed by atoms with Crippen molar-refractivity contribution in [2.75, 3.05) is 6.54 Å². The van der Waals surface area contributed by atoms with Gasteiger partial charge in [0.25, 0.3) is 0 Å². The van der Waals surface area contributed by atoms with Gasteiger partial charge in [-0.2, -0.15) is 0 Å². The lowest BCUT2D eigenvalue weighted by atomic mass is 10.1. The summed E-state index contributed by atoms with van der Waals surface area (Å²) in [5.41, 5.74) is 3.29. The molecule has 0 bridgehead atoms. The van der Waals surface area contributed by atoms with Crippen LogP contribution in [0.2, 0.25) is 0 Å². The molecule has 1 aromatic rings. The van der Waals surface area contributed by atoms with Crippen LogP contribution in [0.1, 0.15) is 57.7 Å². The number of carbonyl (C=O) groups is 1. The van der Waals surface area contributed by atoms with Crippen molar-refractivity contribution in [3.05, 3.63) is 34.9 Å². The molecule has 2 rings (SSSR count). The highest BCUT2D eigenvalue weighted by molar-refractivity contribution is 5.69. The fourth-order valence-corrected chi connectivity index (χ4v) is 2.64. The Balaban J connectivity index is 1.89. The van der Waals surface area contributed by atoms with Gasteiger partial charge in [-0.25, -0.2) is 4.79 Å². The minimum absolute atomic E-state index is 0.231. The lowest BCUT2D eigenvalue weighted by Crippen LogP contribution is -2.33. The minimum Gasteiger partial charge on any atom is -0.444 e. The molecule has 23 heavy (non-hydrogen) atoms. The molecule has 0 saturated heterocycles. The van der Waals surface area contributed by atoms with Crippen molar-refractivity contribution in [2.45, 2.75) is 66.3 Å². The molecule has 0 saturated carbocycles. The largest absolute Gasteiger partial charge is 0.444 e. The number of rotatable bonds is 5.